The van der Waals surface area contributed by atoms with Gasteiger partial charge in [0, 0.05) is 11.4 Å². The summed E-state index contributed by atoms with van der Waals surface area (Å²) in [6.07, 6.45) is 3.79. The van der Waals surface area contributed by atoms with Gasteiger partial charge < -0.3 is 10.1 Å². The fourth-order valence-electron chi connectivity index (χ4n) is 3.41. The van der Waals surface area contributed by atoms with E-state index in [0.717, 1.165) is 11.8 Å². The van der Waals surface area contributed by atoms with Crippen molar-refractivity contribution in [2.24, 2.45) is 17.8 Å². The highest BCUT2D eigenvalue weighted by molar-refractivity contribution is 9.09. The van der Waals surface area contributed by atoms with Gasteiger partial charge in [-0.3, -0.25) is 4.79 Å². The van der Waals surface area contributed by atoms with Crippen LogP contribution in [-0.4, -0.2) is 29.5 Å². The minimum atomic E-state index is 0.0107. The maximum absolute atomic E-state index is 12.4. The Balaban J connectivity index is 1.95. The predicted molar refractivity (Wildman–Crippen MR) is 75.7 cm³/mol. The molecule has 0 radical (unpaired) electrons. The molecule has 2 fully saturated rings. The van der Waals surface area contributed by atoms with Gasteiger partial charge in [-0.25, -0.2) is 0 Å². The first-order chi connectivity index (χ1) is 8.54. The summed E-state index contributed by atoms with van der Waals surface area (Å²) >= 11 is 3.55. The molecule has 6 atom stereocenters. The van der Waals surface area contributed by atoms with Crippen LogP contribution in [0.15, 0.2) is 0 Å². The van der Waals surface area contributed by atoms with E-state index in [1.807, 2.05) is 6.92 Å². The molecule has 1 saturated carbocycles. The lowest BCUT2D eigenvalue weighted by molar-refractivity contribution is -0.128. The molecule has 0 aromatic rings. The Labute approximate surface area is 118 Å². The number of carbonyl (C=O) groups excluding carboxylic acids is 1. The van der Waals surface area contributed by atoms with E-state index in [1.165, 1.54) is 12.8 Å². The maximum atomic E-state index is 12.4. The summed E-state index contributed by atoms with van der Waals surface area (Å²) < 4.78 is 5.75. The molecule has 0 aromatic heterocycles. The molecule has 1 N–H and O–H groups in total. The summed E-state index contributed by atoms with van der Waals surface area (Å²) in [5, 5.41) is 4.24. The zero-order valence-electron chi connectivity index (χ0n) is 11.5. The highest BCUT2D eigenvalue weighted by Gasteiger charge is 2.42. The normalized spacial score (nSPS) is 44.2. The van der Waals surface area contributed by atoms with Crippen molar-refractivity contribution < 1.29 is 9.53 Å². The second-order valence-electron chi connectivity index (χ2n) is 5.89. The molecule has 0 bridgehead atoms. The third kappa shape index (κ3) is 2.74. The third-order valence-electron chi connectivity index (χ3n) is 4.73. The van der Waals surface area contributed by atoms with Crippen LogP contribution in [0.5, 0.6) is 0 Å². The van der Waals surface area contributed by atoms with Gasteiger partial charge in [-0.1, -0.05) is 29.3 Å². The molecule has 2 aliphatic rings. The van der Waals surface area contributed by atoms with Gasteiger partial charge in [0.1, 0.15) is 0 Å². The van der Waals surface area contributed by atoms with Crippen molar-refractivity contribution >= 4 is 21.8 Å². The first-order valence-corrected chi connectivity index (χ1v) is 8.18. The van der Waals surface area contributed by atoms with Crippen LogP contribution < -0.4 is 5.32 Å². The fraction of sp³-hybridized carbons (Fsp3) is 0.929. The molecule has 3 nitrogen and oxygen atoms in total. The van der Waals surface area contributed by atoms with E-state index in [0.29, 0.717) is 17.9 Å². The Morgan fingerprint density at radius 3 is 2.56 bits per heavy atom. The number of carbonyl (C=O) groups is 1. The van der Waals surface area contributed by atoms with E-state index >= 15 is 0 Å². The molecule has 6 unspecified atom stereocenters. The Morgan fingerprint density at radius 2 is 2.00 bits per heavy atom. The highest BCUT2D eigenvalue weighted by Crippen LogP contribution is 2.33. The highest BCUT2D eigenvalue weighted by atomic mass is 79.9. The van der Waals surface area contributed by atoms with E-state index in [9.17, 15) is 4.79 Å². The minimum Gasteiger partial charge on any atom is -0.374 e. The smallest absolute Gasteiger partial charge is 0.226 e. The van der Waals surface area contributed by atoms with Crippen LogP contribution in [0.1, 0.15) is 40.0 Å². The molecule has 1 aliphatic carbocycles. The van der Waals surface area contributed by atoms with Crippen LogP contribution in [0.2, 0.25) is 0 Å². The Bertz CT molecular complexity index is 310. The van der Waals surface area contributed by atoms with Crippen molar-refractivity contribution in [2.45, 2.75) is 58.3 Å². The quantitative estimate of drug-likeness (QED) is 0.813. The van der Waals surface area contributed by atoms with Gasteiger partial charge in [0.05, 0.1) is 18.1 Å². The summed E-state index contributed by atoms with van der Waals surface area (Å²) in [4.78, 5) is 12.4. The van der Waals surface area contributed by atoms with Crippen molar-refractivity contribution in [3.63, 3.8) is 0 Å². The number of amides is 1. The first-order valence-electron chi connectivity index (χ1n) is 7.06. The van der Waals surface area contributed by atoms with E-state index in [4.69, 9.17) is 4.74 Å². The van der Waals surface area contributed by atoms with Crippen molar-refractivity contribution in [2.75, 3.05) is 5.33 Å². The monoisotopic (exact) mass is 317 g/mol. The summed E-state index contributed by atoms with van der Waals surface area (Å²) in [6.45, 7) is 6.20. The summed E-state index contributed by atoms with van der Waals surface area (Å²) in [5.74, 6) is 1.11. The first kappa shape index (κ1) is 14.3. The van der Waals surface area contributed by atoms with Crippen molar-refractivity contribution in [1.82, 2.24) is 5.32 Å². The lowest BCUT2D eigenvalue weighted by atomic mass is 9.88. The number of hydrogen-bond donors (Lipinski definition) is 1. The number of alkyl halides is 1. The topological polar surface area (TPSA) is 38.3 Å². The second kappa shape index (κ2) is 5.91. The van der Waals surface area contributed by atoms with E-state index in [2.05, 4.69) is 35.1 Å². The predicted octanol–water partition coefficient (Wildman–Crippen LogP) is 2.73. The van der Waals surface area contributed by atoms with E-state index in [-0.39, 0.29) is 24.0 Å². The van der Waals surface area contributed by atoms with Gasteiger partial charge >= 0.3 is 0 Å². The number of halogens is 1. The Morgan fingerprint density at radius 1 is 1.28 bits per heavy atom. The van der Waals surface area contributed by atoms with Crippen molar-refractivity contribution in [3.8, 4) is 0 Å². The average molecular weight is 318 g/mol. The molecule has 0 aromatic carbocycles. The standard InChI is InChI=1S/C14H24BrNO2/c1-8-9(2)18-10(3)13(8)14(17)16-12-6-4-5-11(12)7-15/h8-13H,4-7H2,1-3H3,(H,16,17). The minimum absolute atomic E-state index is 0.0107. The van der Waals surface area contributed by atoms with Gasteiger partial charge in [-0.2, -0.15) is 0 Å². The van der Waals surface area contributed by atoms with Gasteiger partial charge in [0.15, 0.2) is 0 Å². The van der Waals surface area contributed by atoms with Gasteiger partial charge in [-0.05, 0) is 38.5 Å². The largest absolute Gasteiger partial charge is 0.374 e. The Hall–Kier alpha value is -0.0900. The number of hydrogen-bond acceptors (Lipinski definition) is 2. The van der Waals surface area contributed by atoms with Gasteiger partial charge in [-0.15, -0.1) is 0 Å². The van der Waals surface area contributed by atoms with Crippen LogP contribution >= 0.6 is 15.9 Å². The summed E-state index contributed by atoms with van der Waals surface area (Å²) in [7, 11) is 0. The molecule has 1 saturated heterocycles. The lowest BCUT2D eigenvalue weighted by Gasteiger charge is -2.24. The molecule has 0 spiro atoms. The molecule has 104 valence electrons. The molecule has 18 heavy (non-hydrogen) atoms. The maximum Gasteiger partial charge on any atom is 0.226 e. The van der Waals surface area contributed by atoms with Crippen LogP contribution in [-0.2, 0) is 9.53 Å². The molecule has 1 amide bonds. The van der Waals surface area contributed by atoms with Crippen LogP contribution in [0.3, 0.4) is 0 Å². The zero-order valence-corrected chi connectivity index (χ0v) is 13.1. The Kier molecular flexibility index (Phi) is 4.70. The number of nitrogens with one attached hydrogen (secondary N) is 1. The molecule has 1 aliphatic heterocycles. The summed E-state index contributed by atoms with van der Waals surface area (Å²) in [5.41, 5.74) is 0. The zero-order chi connectivity index (χ0) is 13.3. The van der Waals surface area contributed by atoms with Crippen LogP contribution in [0.4, 0.5) is 0 Å². The van der Waals surface area contributed by atoms with E-state index in [1.54, 1.807) is 0 Å². The molecule has 1 heterocycles. The van der Waals surface area contributed by atoms with E-state index < -0.39 is 0 Å². The lowest BCUT2D eigenvalue weighted by Crippen LogP contribution is -2.44. The van der Waals surface area contributed by atoms with Gasteiger partial charge in [0.25, 0.3) is 0 Å². The van der Waals surface area contributed by atoms with Crippen molar-refractivity contribution in [1.29, 1.82) is 0 Å². The van der Waals surface area contributed by atoms with Crippen LogP contribution in [0, 0.1) is 17.8 Å². The van der Waals surface area contributed by atoms with Crippen LogP contribution in [0.25, 0.3) is 0 Å². The summed E-state index contributed by atoms with van der Waals surface area (Å²) in [6, 6.07) is 0.354. The average Bonchev–Trinajstić information content (AvgIpc) is 2.85. The number of ether oxygens (including phenoxy) is 1. The SMILES string of the molecule is CC1OC(C)C(C(=O)NC2CCCC2CBr)C1C. The second-order valence-corrected chi connectivity index (χ2v) is 6.54. The fourth-order valence-corrected chi connectivity index (χ4v) is 4.18. The molecular weight excluding hydrogens is 294 g/mol. The molecular formula is C14H24BrNO2. The molecule has 4 heteroatoms. The third-order valence-corrected chi connectivity index (χ3v) is 5.56. The molecule has 2 rings (SSSR count). The van der Waals surface area contributed by atoms with Crippen molar-refractivity contribution in [3.05, 3.63) is 0 Å². The number of rotatable bonds is 3. The van der Waals surface area contributed by atoms with Gasteiger partial charge in [0.2, 0.25) is 5.91 Å².